The fourth-order valence-corrected chi connectivity index (χ4v) is 4.89. The van der Waals surface area contributed by atoms with E-state index in [1.165, 1.54) is 57.9 Å². The van der Waals surface area contributed by atoms with Crippen LogP contribution in [0.4, 0.5) is 0 Å². The molecule has 3 fully saturated rings. The van der Waals surface area contributed by atoms with Crippen molar-refractivity contribution in [1.29, 1.82) is 0 Å². The van der Waals surface area contributed by atoms with Crippen LogP contribution >= 0.6 is 0 Å². The average Bonchev–Trinajstić information content (AvgIpc) is 2.45. The molecule has 20 heavy (non-hydrogen) atoms. The standard InChI is InChI=1S/C17H32N2O/c1-2-10-18-13-11-15-4-3-5-16(12-13)19(15)14-6-8-17(20)9-7-14/h13-18,20H,2-12H2,1H3. The molecule has 0 aromatic heterocycles. The lowest BCUT2D eigenvalue weighted by Gasteiger charge is -2.53. The maximum Gasteiger partial charge on any atom is 0.0541 e. The van der Waals surface area contributed by atoms with Crippen molar-refractivity contribution in [2.75, 3.05) is 6.54 Å². The molecular formula is C17H32N2O. The molecule has 3 nitrogen and oxygen atoms in total. The second-order valence-electron chi connectivity index (χ2n) is 7.27. The number of nitrogens with one attached hydrogen (secondary N) is 1. The molecule has 2 atom stereocenters. The van der Waals surface area contributed by atoms with E-state index in [4.69, 9.17) is 0 Å². The van der Waals surface area contributed by atoms with Gasteiger partial charge in [-0.1, -0.05) is 13.3 Å². The largest absolute Gasteiger partial charge is 0.393 e. The number of aliphatic hydroxyl groups is 1. The van der Waals surface area contributed by atoms with Gasteiger partial charge in [-0.15, -0.1) is 0 Å². The van der Waals surface area contributed by atoms with Gasteiger partial charge in [-0.05, 0) is 64.3 Å². The Hall–Kier alpha value is -0.120. The summed E-state index contributed by atoms with van der Waals surface area (Å²) in [4.78, 5) is 2.89. The van der Waals surface area contributed by atoms with E-state index in [2.05, 4.69) is 17.1 Å². The van der Waals surface area contributed by atoms with Gasteiger partial charge in [0.05, 0.1) is 6.10 Å². The highest BCUT2D eigenvalue weighted by molar-refractivity contribution is 4.98. The Balaban J connectivity index is 1.61. The predicted molar refractivity (Wildman–Crippen MR) is 82.8 cm³/mol. The van der Waals surface area contributed by atoms with Crippen LogP contribution in [-0.2, 0) is 0 Å². The van der Waals surface area contributed by atoms with Gasteiger partial charge in [0.25, 0.3) is 0 Å². The van der Waals surface area contributed by atoms with Gasteiger partial charge >= 0.3 is 0 Å². The number of hydrogen-bond donors (Lipinski definition) is 2. The van der Waals surface area contributed by atoms with Gasteiger partial charge in [-0.2, -0.15) is 0 Å². The fourth-order valence-electron chi connectivity index (χ4n) is 4.89. The summed E-state index contributed by atoms with van der Waals surface area (Å²) in [5, 5.41) is 13.5. The van der Waals surface area contributed by atoms with E-state index >= 15 is 0 Å². The van der Waals surface area contributed by atoms with E-state index in [1.54, 1.807) is 0 Å². The lowest BCUT2D eigenvalue weighted by atomic mass is 9.78. The van der Waals surface area contributed by atoms with Gasteiger partial charge < -0.3 is 10.4 Å². The van der Waals surface area contributed by atoms with Crippen molar-refractivity contribution in [3.05, 3.63) is 0 Å². The van der Waals surface area contributed by atoms with Crippen LogP contribution in [0.2, 0.25) is 0 Å². The van der Waals surface area contributed by atoms with E-state index in [-0.39, 0.29) is 6.10 Å². The lowest BCUT2D eigenvalue weighted by Crippen LogP contribution is -2.60. The first-order valence-corrected chi connectivity index (χ1v) is 8.96. The Kier molecular flexibility index (Phi) is 5.00. The number of hydrogen-bond acceptors (Lipinski definition) is 3. The van der Waals surface area contributed by atoms with Gasteiger partial charge in [0.1, 0.15) is 0 Å². The summed E-state index contributed by atoms with van der Waals surface area (Å²) in [7, 11) is 0. The molecule has 2 N–H and O–H groups in total. The zero-order chi connectivity index (χ0) is 13.9. The van der Waals surface area contributed by atoms with Gasteiger partial charge in [-0.25, -0.2) is 0 Å². The normalized spacial score (nSPS) is 42.6. The number of aliphatic hydroxyl groups excluding tert-OH is 1. The van der Waals surface area contributed by atoms with Crippen molar-refractivity contribution in [3.8, 4) is 0 Å². The summed E-state index contributed by atoms with van der Waals surface area (Å²) in [6, 6.07) is 3.16. The molecule has 1 aliphatic carbocycles. The van der Waals surface area contributed by atoms with Crippen molar-refractivity contribution in [3.63, 3.8) is 0 Å². The van der Waals surface area contributed by atoms with Crippen molar-refractivity contribution < 1.29 is 5.11 Å². The van der Waals surface area contributed by atoms with Crippen LogP contribution in [0.5, 0.6) is 0 Å². The molecule has 0 spiro atoms. The van der Waals surface area contributed by atoms with Gasteiger partial charge in [-0.3, -0.25) is 4.90 Å². The Morgan fingerprint density at radius 2 is 1.60 bits per heavy atom. The molecule has 0 amide bonds. The number of piperidine rings is 2. The first-order valence-electron chi connectivity index (χ1n) is 8.96. The van der Waals surface area contributed by atoms with E-state index in [1.807, 2.05) is 0 Å². The van der Waals surface area contributed by atoms with Crippen molar-refractivity contribution in [1.82, 2.24) is 10.2 Å². The SMILES string of the molecule is CCCNC1CC2CCCC(C1)N2C1CCC(O)CC1. The summed E-state index contributed by atoms with van der Waals surface area (Å²) in [5.41, 5.74) is 0. The highest BCUT2D eigenvalue weighted by Crippen LogP contribution is 2.39. The van der Waals surface area contributed by atoms with E-state index in [0.29, 0.717) is 0 Å². The van der Waals surface area contributed by atoms with Crippen LogP contribution in [0.15, 0.2) is 0 Å². The zero-order valence-corrected chi connectivity index (χ0v) is 13.1. The summed E-state index contributed by atoms with van der Waals surface area (Å²) in [6.45, 7) is 3.44. The molecule has 3 rings (SSSR count). The first-order chi connectivity index (χ1) is 9.78. The third kappa shape index (κ3) is 3.20. The molecule has 3 aliphatic rings. The molecule has 2 bridgehead atoms. The average molecular weight is 280 g/mol. The minimum Gasteiger partial charge on any atom is -0.393 e. The molecular weight excluding hydrogens is 248 g/mol. The van der Waals surface area contributed by atoms with Crippen molar-refractivity contribution in [2.24, 2.45) is 0 Å². The third-order valence-electron chi connectivity index (χ3n) is 5.80. The van der Waals surface area contributed by atoms with E-state index in [9.17, 15) is 5.11 Å². The quantitative estimate of drug-likeness (QED) is 0.831. The van der Waals surface area contributed by atoms with Crippen LogP contribution in [0.25, 0.3) is 0 Å². The second kappa shape index (κ2) is 6.76. The molecule has 0 radical (unpaired) electrons. The molecule has 3 heteroatoms. The van der Waals surface area contributed by atoms with Crippen molar-refractivity contribution >= 4 is 0 Å². The summed E-state index contributed by atoms with van der Waals surface area (Å²) < 4.78 is 0. The summed E-state index contributed by atoms with van der Waals surface area (Å²) >= 11 is 0. The Morgan fingerprint density at radius 1 is 0.950 bits per heavy atom. The smallest absolute Gasteiger partial charge is 0.0541 e. The molecule has 2 aliphatic heterocycles. The van der Waals surface area contributed by atoms with Gasteiger partial charge in [0.15, 0.2) is 0 Å². The molecule has 1 saturated carbocycles. The third-order valence-corrected chi connectivity index (χ3v) is 5.80. The van der Waals surface area contributed by atoms with Crippen LogP contribution < -0.4 is 5.32 Å². The molecule has 0 aromatic rings. The maximum atomic E-state index is 9.74. The van der Waals surface area contributed by atoms with Crippen LogP contribution in [0.1, 0.15) is 71.1 Å². The monoisotopic (exact) mass is 280 g/mol. The van der Waals surface area contributed by atoms with E-state index < -0.39 is 0 Å². The van der Waals surface area contributed by atoms with Crippen molar-refractivity contribution in [2.45, 2.75) is 101 Å². The van der Waals surface area contributed by atoms with E-state index in [0.717, 1.165) is 37.0 Å². The molecule has 2 unspecified atom stereocenters. The van der Waals surface area contributed by atoms with Crippen LogP contribution in [0, 0.1) is 0 Å². The molecule has 0 aromatic carbocycles. The summed E-state index contributed by atoms with van der Waals surface area (Å²) in [5.74, 6) is 0. The number of fused-ring (bicyclic) bond motifs is 2. The van der Waals surface area contributed by atoms with Gasteiger partial charge in [0, 0.05) is 24.2 Å². The highest BCUT2D eigenvalue weighted by atomic mass is 16.3. The fraction of sp³-hybridized carbons (Fsp3) is 1.00. The summed E-state index contributed by atoms with van der Waals surface area (Å²) in [6.07, 6.45) is 12.7. The minimum absolute atomic E-state index is 0.0187. The highest BCUT2D eigenvalue weighted by Gasteiger charge is 2.41. The molecule has 2 heterocycles. The van der Waals surface area contributed by atoms with Crippen LogP contribution in [-0.4, -0.2) is 46.8 Å². The Labute approximate surface area is 124 Å². The first kappa shape index (κ1) is 14.8. The lowest BCUT2D eigenvalue weighted by molar-refractivity contribution is -0.0347. The van der Waals surface area contributed by atoms with Crippen LogP contribution in [0.3, 0.4) is 0 Å². The maximum absolute atomic E-state index is 9.74. The molecule has 2 saturated heterocycles. The Morgan fingerprint density at radius 3 is 2.20 bits per heavy atom. The molecule has 116 valence electrons. The number of nitrogens with zero attached hydrogens (tertiary/aromatic N) is 1. The van der Waals surface area contributed by atoms with Gasteiger partial charge in [0.2, 0.25) is 0 Å². The number of rotatable bonds is 4. The topological polar surface area (TPSA) is 35.5 Å². The Bertz CT molecular complexity index is 287. The zero-order valence-electron chi connectivity index (χ0n) is 13.1. The predicted octanol–water partition coefficient (Wildman–Crippen LogP) is 2.68. The minimum atomic E-state index is -0.0187. The second-order valence-corrected chi connectivity index (χ2v) is 7.27.